The predicted octanol–water partition coefficient (Wildman–Crippen LogP) is 1.36. The number of aliphatic carboxylic acids is 1. The highest BCUT2D eigenvalue weighted by atomic mass is 16.4. The third-order valence-corrected chi connectivity index (χ3v) is 4.01. The number of carboxylic acid groups (broad SMARTS) is 1. The number of hydrogen-bond acceptors (Lipinski definition) is 1. The van der Waals surface area contributed by atoms with Gasteiger partial charge in [-0.1, -0.05) is 0 Å². The SMILES string of the molecule is O=C(O)[C@@H]1C[C@H]2C[C@H]1[C@H]1C[C@@H]21. The molecule has 3 rings (SSSR count). The van der Waals surface area contributed by atoms with E-state index in [0.717, 1.165) is 24.2 Å². The van der Waals surface area contributed by atoms with Crippen LogP contribution in [0.15, 0.2) is 0 Å². The first kappa shape index (κ1) is 6.04. The molecular formula is C9H12O2. The summed E-state index contributed by atoms with van der Waals surface area (Å²) in [7, 11) is 0. The number of carboxylic acids is 1. The molecule has 0 saturated heterocycles. The first-order chi connectivity index (χ1) is 5.27. The molecule has 5 atom stereocenters. The quantitative estimate of drug-likeness (QED) is 0.616. The third kappa shape index (κ3) is 0.608. The molecule has 3 aliphatic rings. The van der Waals surface area contributed by atoms with E-state index in [2.05, 4.69) is 0 Å². The van der Waals surface area contributed by atoms with Gasteiger partial charge in [-0.3, -0.25) is 4.79 Å². The standard InChI is InChI=1S/C9H12O2/c10-9(11)8-2-4-1-6(8)7-3-5(4)7/h4-8H,1-3H2,(H,10,11)/t4-,5+,6+,7+,8-/m1/s1. The molecule has 3 fully saturated rings. The molecule has 3 saturated carbocycles. The van der Waals surface area contributed by atoms with Crippen LogP contribution in [0.25, 0.3) is 0 Å². The van der Waals surface area contributed by atoms with Gasteiger partial charge in [-0.2, -0.15) is 0 Å². The van der Waals surface area contributed by atoms with Crippen LogP contribution in [0.1, 0.15) is 19.3 Å². The first-order valence-electron chi connectivity index (χ1n) is 4.50. The molecule has 2 bridgehead atoms. The molecule has 0 spiro atoms. The molecule has 60 valence electrons. The maximum atomic E-state index is 10.8. The average Bonchev–Trinajstić information content (AvgIpc) is 2.57. The number of carbonyl (C=O) groups is 1. The summed E-state index contributed by atoms with van der Waals surface area (Å²) in [6.07, 6.45) is 3.56. The zero-order valence-corrected chi connectivity index (χ0v) is 6.36. The van der Waals surface area contributed by atoms with Crippen molar-refractivity contribution in [1.29, 1.82) is 0 Å². The van der Waals surface area contributed by atoms with E-state index in [1.54, 1.807) is 0 Å². The molecule has 0 aromatic rings. The fraction of sp³-hybridized carbons (Fsp3) is 0.889. The lowest BCUT2D eigenvalue weighted by Crippen LogP contribution is -2.21. The van der Waals surface area contributed by atoms with Gasteiger partial charge in [0.15, 0.2) is 0 Å². The van der Waals surface area contributed by atoms with Crippen molar-refractivity contribution in [2.24, 2.45) is 29.6 Å². The lowest BCUT2D eigenvalue weighted by Gasteiger charge is -2.15. The summed E-state index contributed by atoms with van der Waals surface area (Å²) in [6, 6.07) is 0. The Hall–Kier alpha value is -0.530. The number of rotatable bonds is 1. The summed E-state index contributed by atoms with van der Waals surface area (Å²) in [6.45, 7) is 0. The van der Waals surface area contributed by atoms with E-state index < -0.39 is 5.97 Å². The summed E-state index contributed by atoms with van der Waals surface area (Å²) in [5.41, 5.74) is 0. The Morgan fingerprint density at radius 2 is 1.91 bits per heavy atom. The molecule has 3 aliphatic carbocycles. The Morgan fingerprint density at radius 1 is 1.09 bits per heavy atom. The van der Waals surface area contributed by atoms with Gasteiger partial charge in [0.2, 0.25) is 0 Å². The maximum Gasteiger partial charge on any atom is 0.306 e. The number of fused-ring (bicyclic) bond motifs is 5. The van der Waals surface area contributed by atoms with Crippen molar-refractivity contribution in [3.63, 3.8) is 0 Å². The van der Waals surface area contributed by atoms with Gasteiger partial charge in [0.25, 0.3) is 0 Å². The Bertz CT molecular complexity index is 224. The Kier molecular flexibility index (Phi) is 0.890. The van der Waals surface area contributed by atoms with Crippen molar-refractivity contribution in [2.45, 2.75) is 19.3 Å². The summed E-state index contributed by atoms with van der Waals surface area (Å²) in [4.78, 5) is 10.8. The molecule has 0 aromatic carbocycles. The van der Waals surface area contributed by atoms with Gasteiger partial charge in [0.05, 0.1) is 5.92 Å². The van der Waals surface area contributed by atoms with E-state index in [-0.39, 0.29) is 5.92 Å². The topological polar surface area (TPSA) is 37.3 Å². The summed E-state index contributed by atoms with van der Waals surface area (Å²) in [5.74, 6) is 2.64. The van der Waals surface area contributed by atoms with E-state index in [9.17, 15) is 4.79 Å². The highest BCUT2D eigenvalue weighted by molar-refractivity contribution is 5.71. The summed E-state index contributed by atoms with van der Waals surface area (Å²) >= 11 is 0. The monoisotopic (exact) mass is 152 g/mol. The lowest BCUT2D eigenvalue weighted by molar-refractivity contribution is -0.143. The molecule has 0 unspecified atom stereocenters. The lowest BCUT2D eigenvalue weighted by atomic mass is 9.89. The number of hydrogen-bond donors (Lipinski definition) is 1. The first-order valence-corrected chi connectivity index (χ1v) is 4.50. The molecule has 2 nitrogen and oxygen atoms in total. The van der Waals surface area contributed by atoms with Crippen molar-refractivity contribution in [3.8, 4) is 0 Å². The summed E-state index contributed by atoms with van der Waals surface area (Å²) < 4.78 is 0. The second-order valence-electron chi connectivity index (χ2n) is 4.40. The molecule has 0 radical (unpaired) electrons. The minimum Gasteiger partial charge on any atom is -0.481 e. The van der Waals surface area contributed by atoms with Crippen LogP contribution in [0.2, 0.25) is 0 Å². The van der Waals surface area contributed by atoms with Crippen molar-refractivity contribution >= 4 is 5.97 Å². The largest absolute Gasteiger partial charge is 0.481 e. The normalized spacial score (nSPS) is 57.6. The maximum absolute atomic E-state index is 10.8. The van der Waals surface area contributed by atoms with Crippen LogP contribution in [0.5, 0.6) is 0 Å². The molecule has 11 heavy (non-hydrogen) atoms. The minimum absolute atomic E-state index is 0.0312. The van der Waals surface area contributed by atoms with Crippen LogP contribution < -0.4 is 0 Å². The van der Waals surface area contributed by atoms with Crippen molar-refractivity contribution in [2.75, 3.05) is 0 Å². The van der Waals surface area contributed by atoms with E-state index >= 15 is 0 Å². The van der Waals surface area contributed by atoms with Gasteiger partial charge in [-0.25, -0.2) is 0 Å². The molecule has 0 amide bonds. The molecule has 0 aliphatic heterocycles. The summed E-state index contributed by atoms with van der Waals surface area (Å²) in [5, 5.41) is 8.87. The zero-order valence-electron chi connectivity index (χ0n) is 6.36. The fourth-order valence-corrected chi connectivity index (χ4v) is 3.49. The second kappa shape index (κ2) is 1.62. The van der Waals surface area contributed by atoms with Crippen molar-refractivity contribution in [3.05, 3.63) is 0 Å². The second-order valence-corrected chi connectivity index (χ2v) is 4.40. The Labute approximate surface area is 65.6 Å². The van der Waals surface area contributed by atoms with Gasteiger partial charge in [0, 0.05) is 0 Å². The predicted molar refractivity (Wildman–Crippen MR) is 38.9 cm³/mol. The van der Waals surface area contributed by atoms with Crippen LogP contribution in [0.3, 0.4) is 0 Å². The minimum atomic E-state index is -0.539. The molecule has 0 heterocycles. The van der Waals surface area contributed by atoms with E-state index in [0.29, 0.717) is 5.92 Å². The van der Waals surface area contributed by atoms with E-state index in [1.807, 2.05) is 0 Å². The van der Waals surface area contributed by atoms with Gasteiger partial charge >= 0.3 is 5.97 Å². The zero-order chi connectivity index (χ0) is 7.59. The average molecular weight is 152 g/mol. The van der Waals surface area contributed by atoms with E-state index in [1.165, 1.54) is 12.8 Å². The highest BCUT2D eigenvalue weighted by Gasteiger charge is 2.62. The smallest absolute Gasteiger partial charge is 0.306 e. The van der Waals surface area contributed by atoms with Crippen LogP contribution in [0, 0.1) is 29.6 Å². The van der Waals surface area contributed by atoms with Gasteiger partial charge in [0.1, 0.15) is 0 Å². The third-order valence-electron chi connectivity index (χ3n) is 4.01. The van der Waals surface area contributed by atoms with Gasteiger partial charge in [-0.05, 0) is 42.9 Å². The van der Waals surface area contributed by atoms with Crippen molar-refractivity contribution in [1.82, 2.24) is 0 Å². The van der Waals surface area contributed by atoms with Crippen molar-refractivity contribution < 1.29 is 9.90 Å². The van der Waals surface area contributed by atoms with E-state index in [4.69, 9.17) is 5.11 Å². The molecular weight excluding hydrogens is 140 g/mol. The fourth-order valence-electron chi connectivity index (χ4n) is 3.49. The van der Waals surface area contributed by atoms with Crippen LogP contribution in [-0.4, -0.2) is 11.1 Å². The molecule has 2 heteroatoms. The van der Waals surface area contributed by atoms with Gasteiger partial charge in [-0.15, -0.1) is 0 Å². The van der Waals surface area contributed by atoms with Gasteiger partial charge < -0.3 is 5.11 Å². The van der Waals surface area contributed by atoms with Crippen LogP contribution in [-0.2, 0) is 4.79 Å². The Morgan fingerprint density at radius 3 is 2.45 bits per heavy atom. The van der Waals surface area contributed by atoms with Crippen LogP contribution >= 0.6 is 0 Å². The highest BCUT2D eigenvalue weighted by Crippen LogP contribution is 2.67. The van der Waals surface area contributed by atoms with Crippen LogP contribution in [0.4, 0.5) is 0 Å². The Balaban J connectivity index is 1.87. The molecule has 0 aromatic heterocycles. The molecule has 1 N–H and O–H groups in total.